The number of halogens is 3. The van der Waals surface area contributed by atoms with Crippen LogP contribution in [0.2, 0.25) is 0 Å². The van der Waals surface area contributed by atoms with Gasteiger partial charge >= 0.3 is 6.09 Å². The van der Waals surface area contributed by atoms with Crippen LogP contribution in [0.1, 0.15) is 95.9 Å². The molecule has 5 rings (SSSR count). The van der Waals surface area contributed by atoms with E-state index in [0.29, 0.717) is 28.5 Å². The highest BCUT2D eigenvalue weighted by Crippen LogP contribution is 2.44. The summed E-state index contributed by atoms with van der Waals surface area (Å²) >= 11 is 0. The molecule has 0 bridgehead atoms. The smallest absolute Gasteiger partial charge is 0.410 e. The maximum Gasteiger partial charge on any atom is 0.410 e. The fraction of sp³-hybridized carbons (Fsp3) is 0.588. The predicted octanol–water partition coefficient (Wildman–Crippen LogP) is 6.96. The summed E-state index contributed by atoms with van der Waals surface area (Å²) in [4.78, 5) is 40.7. The molecule has 46 heavy (non-hydrogen) atoms. The van der Waals surface area contributed by atoms with Crippen LogP contribution in [0.5, 0.6) is 0 Å². The topological polar surface area (TPSA) is 103 Å². The van der Waals surface area contributed by atoms with E-state index in [2.05, 4.69) is 39.0 Å². The average Bonchev–Trinajstić information content (AvgIpc) is 3.00. The lowest BCUT2D eigenvalue weighted by molar-refractivity contribution is -0.0885. The molecule has 2 aromatic heterocycles. The van der Waals surface area contributed by atoms with E-state index in [9.17, 15) is 9.59 Å². The van der Waals surface area contributed by atoms with Crippen LogP contribution in [0, 0.1) is 11.7 Å². The minimum Gasteiger partial charge on any atom is -0.444 e. The Morgan fingerprint density at radius 3 is 2.35 bits per heavy atom. The zero-order valence-electron chi connectivity index (χ0n) is 27.5. The Balaban J connectivity index is 1.34. The molecule has 1 atom stereocenters. The predicted molar refractivity (Wildman–Crippen MR) is 172 cm³/mol. The second-order valence-corrected chi connectivity index (χ2v) is 13.9. The van der Waals surface area contributed by atoms with Gasteiger partial charge in [0.1, 0.15) is 29.2 Å². The zero-order valence-corrected chi connectivity index (χ0v) is 27.5. The Hall–Kier alpha value is -3.67. The number of likely N-dealkylation sites (tertiary alicyclic amines) is 2. The average molecular weight is 643 g/mol. The van der Waals surface area contributed by atoms with Crippen molar-refractivity contribution in [3.8, 4) is 0 Å². The highest BCUT2D eigenvalue weighted by atomic mass is 19.3. The van der Waals surface area contributed by atoms with Gasteiger partial charge in [-0.25, -0.2) is 27.9 Å². The number of hydrogen-bond acceptors (Lipinski definition) is 7. The molecule has 2 saturated heterocycles. The van der Waals surface area contributed by atoms with Crippen LogP contribution in [0.4, 0.5) is 23.8 Å². The van der Waals surface area contributed by atoms with E-state index in [4.69, 9.17) is 4.74 Å². The SMILES string of the molecule is CC(C)N1CCC(c2cc3c(N[C@H](C)c4cccc(C(F)(F)C5CCN(C(=O)OC(C)(C)C)CC5)c4F)ncnc3[nH]c2=O)CC1. The highest BCUT2D eigenvalue weighted by Gasteiger charge is 2.46. The van der Waals surface area contributed by atoms with Gasteiger partial charge in [0, 0.05) is 36.2 Å². The minimum atomic E-state index is -3.44. The normalized spacial score (nSPS) is 18.3. The molecule has 1 aromatic carbocycles. The molecule has 2 aliphatic heterocycles. The van der Waals surface area contributed by atoms with Gasteiger partial charge in [-0.3, -0.25) is 4.79 Å². The summed E-state index contributed by atoms with van der Waals surface area (Å²) < 4.78 is 53.0. The number of rotatable bonds is 7. The first-order valence-corrected chi connectivity index (χ1v) is 16.2. The quantitative estimate of drug-likeness (QED) is 0.287. The number of hydrogen-bond donors (Lipinski definition) is 2. The molecule has 2 aliphatic rings. The van der Waals surface area contributed by atoms with E-state index >= 15 is 13.2 Å². The van der Waals surface area contributed by atoms with Crippen molar-refractivity contribution >= 4 is 22.9 Å². The Morgan fingerprint density at radius 2 is 1.72 bits per heavy atom. The number of benzene rings is 1. The zero-order chi connectivity index (χ0) is 33.4. The third-order valence-corrected chi connectivity index (χ3v) is 9.24. The molecular formula is C34H45F3N6O3. The fourth-order valence-corrected chi connectivity index (χ4v) is 6.57. The molecule has 0 radical (unpaired) electrons. The lowest BCUT2D eigenvalue weighted by Crippen LogP contribution is -2.44. The number of alkyl halides is 2. The van der Waals surface area contributed by atoms with Gasteiger partial charge in [0.2, 0.25) is 0 Å². The number of carbonyl (C=O) groups excluding carboxylic acids is 1. The maximum absolute atomic E-state index is 15.9. The van der Waals surface area contributed by atoms with E-state index in [1.54, 1.807) is 27.7 Å². The first kappa shape index (κ1) is 33.7. The van der Waals surface area contributed by atoms with Crippen molar-refractivity contribution in [2.24, 2.45) is 5.92 Å². The van der Waals surface area contributed by atoms with Crippen LogP contribution in [0.25, 0.3) is 11.0 Å². The number of amides is 1. The number of pyridine rings is 1. The minimum absolute atomic E-state index is 0.0215. The van der Waals surface area contributed by atoms with E-state index in [1.165, 1.54) is 23.4 Å². The van der Waals surface area contributed by atoms with Gasteiger partial charge < -0.3 is 24.8 Å². The molecule has 4 heterocycles. The number of H-pyrrole nitrogens is 1. The number of nitrogens with one attached hydrogen (secondary N) is 2. The molecule has 0 spiro atoms. The van der Waals surface area contributed by atoms with E-state index in [1.807, 2.05) is 6.07 Å². The molecule has 0 saturated carbocycles. The van der Waals surface area contributed by atoms with Crippen molar-refractivity contribution in [3.63, 3.8) is 0 Å². The summed E-state index contributed by atoms with van der Waals surface area (Å²) in [5.74, 6) is -5.10. The Bertz CT molecular complexity index is 1610. The largest absolute Gasteiger partial charge is 0.444 e. The maximum atomic E-state index is 15.9. The monoisotopic (exact) mass is 642 g/mol. The lowest BCUT2D eigenvalue weighted by atomic mass is 9.85. The van der Waals surface area contributed by atoms with Gasteiger partial charge in [-0.2, -0.15) is 0 Å². The summed E-state index contributed by atoms with van der Waals surface area (Å²) in [6.45, 7) is 13.3. The number of fused-ring (bicyclic) bond motifs is 1. The third-order valence-electron chi connectivity index (χ3n) is 9.24. The molecule has 12 heteroatoms. The molecule has 0 unspecified atom stereocenters. The third kappa shape index (κ3) is 7.16. The summed E-state index contributed by atoms with van der Waals surface area (Å²) in [6.07, 6.45) is 2.52. The number of aromatic nitrogens is 3. The lowest BCUT2D eigenvalue weighted by Gasteiger charge is -2.37. The Morgan fingerprint density at radius 1 is 1.04 bits per heavy atom. The van der Waals surface area contributed by atoms with Gasteiger partial charge in [-0.05, 0) is 92.3 Å². The van der Waals surface area contributed by atoms with Crippen molar-refractivity contribution < 1.29 is 22.7 Å². The van der Waals surface area contributed by atoms with E-state index in [-0.39, 0.29) is 43.0 Å². The van der Waals surface area contributed by atoms with Gasteiger partial charge in [0.25, 0.3) is 11.5 Å². The van der Waals surface area contributed by atoms with Crippen molar-refractivity contribution in [3.05, 3.63) is 63.5 Å². The first-order chi connectivity index (χ1) is 21.7. The van der Waals surface area contributed by atoms with Crippen LogP contribution in [-0.2, 0) is 10.7 Å². The highest BCUT2D eigenvalue weighted by molar-refractivity contribution is 5.86. The van der Waals surface area contributed by atoms with Crippen molar-refractivity contribution in [1.82, 2.24) is 24.8 Å². The van der Waals surface area contributed by atoms with Crippen molar-refractivity contribution in [1.29, 1.82) is 0 Å². The van der Waals surface area contributed by atoms with Crippen LogP contribution in [0.15, 0.2) is 35.4 Å². The Kier molecular flexibility index (Phi) is 9.68. The second-order valence-electron chi connectivity index (χ2n) is 13.9. The molecular weight excluding hydrogens is 597 g/mol. The molecule has 3 aromatic rings. The standard InChI is InChI=1S/C34H45F3N6O3/c1-20(2)42-14-10-22(11-15-42)25-18-26-29(38-19-39-30(26)41-31(25)44)40-21(3)24-8-7-9-27(28(24)35)34(36,37)23-12-16-43(17-13-23)32(45)46-33(4,5)6/h7-9,18-23H,10-17H2,1-6H3,(H2,38,39,40,41,44)/t21-/m1/s1. The van der Waals surface area contributed by atoms with Crippen molar-refractivity contribution in [2.75, 3.05) is 31.5 Å². The molecule has 2 N–H and O–H groups in total. The number of aromatic amines is 1. The second kappa shape index (κ2) is 13.2. The van der Waals surface area contributed by atoms with E-state index in [0.717, 1.165) is 32.0 Å². The molecule has 1 amide bonds. The number of anilines is 1. The molecule has 9 nitrogen and oxygen atoms in total. The van der Waals surface area contributed by atoms with Crippen molar-refractivity contribution in [2.45, 2.75) is 96.8 Å². The first-order valence-electron chi connectivity index (χ1n) is 16.2. The van der Waals surface area contributed by atoms with E-state index < -0.39 is 41.0 Å². The van der Waals surface area contributed by atoms with Gasteiger partial charge in [-0.15, -0.1) is 0 Å². The number of ether oxygens (including phenoxy) is 1. The number of piperidine rings is 2. The Labute approximate surface area is 267 Å². The summed E-state index contributed by atoms with van der Waals surface area (Å²) in [6, 6.07) is 5.57. The van der Waals surface area contributed by atoms with Crippen LogP contribution < -0.4 is 10.9 Å². The van der Waals surface area contributed by atoms with Gasteiger partial charge in [0.15, 0.2) is 0 Å². The molecule has 0 aliphatic carbocycles. The van der Waals surface area contributed by atoms with Crippen LogP contribution in [-0.4, -0.2) is 68.7 Å². The van der Waals surface area contributed by atoms with Gasteiger partial charge in [0.05, 0.1) is 17.0 Å². The summed E-state index contributed by atoms with van der Waals surface area (Å²) in [5, 5.41) is 3.76. The molecule has 2 fully saturated rings. The summed E-state index contributed by atoms with van der Waals surface area (Å²) in [7, 11) is 0. The van der Waals surface area contributed by atoms with Crippen LogP contribution >= 0.6 is 0 Å². The fourth-order valence-electron chi connectivity index (χ4n) is 6.57. The summed E-state index contributed by atoms with van der Waals surface area (Å²) in [5.41, 5.74) is -0.466. The van der Waals surface area contributed by atoms with Crippen LogP contribution in [0.3, 0.4) is 0 Å². The number of nitrogens with zero attached hydrogens (tertiary/aromatic N) is 4. The van der Waals surface area contributed by atoms with Gasteiger partial charge in [-0.1, -0.05) is 18.2 Å². The molecule has 250 valence electrons. The number of carbonyl (C=O) groups is 1.